The molecule has 0 aliphatic carbocycles. The monoisotopic (exact) mass is 305 g/mol. The summed E-state index contributed by atoms with van der Waals surface area (Å²) in [5.41, 5.74) is 0.660. The number of nitrogens with one attached hydrogen (secondary N) is 2. The Morgan fingerprint density at radius 2 is 1.90 bits per heavy atom. The van der Waals surface area contributed by atoms with Crippen LogP contribution in [0.2, 0.25) is 5.02 Å². The lowest BCUT2D eigenvalue weighted by atomic mass is 10.2. The minimum atomic E-state index is -0.573. The summed E-state index contributed by atoms with van der Waals surface area (Å²) in [6.45, 7) is -0.00627. The number of nitrogens with zero attached hydrogens (tertiary/aromatic N) is 1. The first-order valence-corrected chi connectivity index (χ1v) is 6.47. The van der Waals surface area contributed by atoms with E-state index in [0.29, 0.717) is 5.02 Å². The number of amides is 1. The van der Waals surface area contributed by atoms with E-state index in [1.54, 1.807) is 0 Å². The van der Waals surface area contributed by atoms with E-state index < -0.39 is 10.8 Å². The molecule has 0 aromatic heterocycles. The fourth-order valence-electron chi connectivity index (χ4n) is 1.70. The molecule has 0 atom stereocenters. The van der Waals surface area contributed by atoms with Gasteiger partial charge in [0.1, 0.15) is 5.69 Å². The first-order chi connectivity index (χ1) is 10.1. The van der Waals surface area contributed by atoms with Gasteiger partial charge in [-0.05, 0) is 24.3 Å². The Labute approximate surface area is 125 Å². The molecule has 0 bridgehead atoms. The number of benzene rings is 2. The number of hydrogen-bond donors (Lipinski definition) is 2. The maximum absolute atomic E-state index is 11.8. The van der Waals surface area contributed by atoms with E-state index >= 15 is 0 Å². The number of carbonyl (C=O) groups is 1. The lowest BCUT2D eigenvalue weighted by Crippen LogP contribution is -2.22. The van der Waals surface area contributed by atoms with Gasteiger partial charge in [-0.15, -0.1) is 0 Å². The van der Waals surface area contributed by atoms with E-state index in [1.807, 2.05) is 30.3 Å². The minimum Gasteiger partial charge on any atom is -0.376 e. The van der Waals surface area contributed by atoms with Crippen molar-refractivity contribution in [1.29, 1.82) is 0 Å². The van der Waals surface area contributed by atoms with Crippen LogP contribution in [0.5, 0.6) is 0 Å². The van der Waals surface area contributed by atoms with Crippen molar-refractivity contribution in [3.63, 3.8) is 0 Å². The first kappa shape index (κ1) is 14.8. The van der Waals surface area contributed by atoms with Crippen LogP contribution in [-0.4, -0.2) is 17.4 Å². The minimum absolute atomic E-state index is 0.00627. The third-order valence-electron chi connectivity index (χ3n) is 2.66. The SMILES string of the molecule is O=C(CNc1ccccc1)Nc1cc(Cl)ccc1[N+](=O)[O-]. The second kappa shape index (κ2) is 6.71. The number of para-hydroxylation sites is 1. The smallest absolute Gasteiger partial charge is 0.292 e. The summed E-state index contributed by atoms with van der Waals surface area (Å²) < 4.78 is 0. The van der Waals surface area contributed by atoms with E-state index in [2.05, 4.69) is 10.6 Å². The number of rotatable bonds is 5. The lowest BCUT2D eigenvalue weighted by molar-refractivity contribution is -0.383. The van der Waals surface area contributed by atoms with Crippen LogP contribution in [-0.2, 0) is 4.79 Å². The zero-order valence-corrected chi connectivity index (χ0v) is 11.6. The quantitative estimate of drug-likeness (QED) is 0.655. The van der Waals surface area contributed by atoms with E-state index in [4.69, 9.17) is 11.6 Å². The average molecular weight is 306 g/mol. The van der Waals surface area contributed by atoms with Gasteiger partial charge in [0.15, 0.2) is 0 Å². The van der Waals surface area contributed by atoms with Gasteiger partial charge in [-0.1, -0.05) is 29.8 Å². The van der Waals surface area contributed by atoms with Crippen LogP contribution in [0.3, 0.4) is 0 Å². The highest BCUT2D eigenvalue weighted by Crippen LogP contribution is 2.27. The molecule has 0 fully saturated rings. The van der Waals surface area contributed by atoms with Crippen molar-refractivity contribution >= 4 is 34.6 Å². The maximum Gasteiger partial charge on any atom is 0.292 e. The fourth-order valence-corrected chi connectivity index (χ4v) is 1.87. The van der Waals surface area contributed by atoms with Gasteiger partial charge in [-0.25, -0.2) is 0 Å². The number of hydrogen-bond acceptors (Lipinski definition) is 4. The van der Waals surface area contributed by atoms with Gasteiger partial charge < -0.3 is 10.6 Å². The molecule has 0 aliphatic rings. The summed E-state index contributed by atoms with van der Waals surface area (Å²) in [5, 5.41) is 16.6. The molecule has 7 heteroatoms. The molecule has 0 unspecified atom stereocenters. The molecule has 2 aromatic rings. The number of anilines is 2. The van der Waals surface area contributed by atoms with Crippen LogP contribution >= 0.6 is 11.6 Å². The van der Waals surface area contributed by atoms with Crippen LogP contribution in [0.25, 0.3) is 0 Å². The molecule has 0 heterocycles. The Balaban J connectivity index is 2.02. The molecule has 0 radical (unpaired) electrons. The van der Waals surface area contributed by atoms with Crippen molar-refractivity contribution in [2.75, 3.05) is 17.2 Å². The average Bonchev–Trinajstić information content (AvgIpc) is 2.46. The second-order valence-electron chi connectivity index (χ2n) is 4.19. The largest absolute Gasteiger partial charge is 0.376 e. The van der Waals surface area contributed by atoms with Crippen molar-refractivity contribution in [2.45, 2.75) is 0 Å². The molecule has 0 saturated carbocycles. The molecule has 21 heavy (non-hydrogen) atoms. The van der Waals surface area contributed by atoms with Gasteiger partial charge in [-0.2, -0.15) is 0 Å². The molecule has 0 saturated heterocycles. The number of nitro benzene ring substituents is 1. The molecule has 2 aromatic carbocycles. The summed E-state index contributed by atoms with van der Waals surface area (Å²) in [7, 11) is 0. The third-order valence-corrected chi connectivity index (χ3v) is 2.89. The predicted octanol–water partition coefficient (Wildman–Crippen LogP) is 3.30. The lowest BCUT2D eigenvalue weighted by Gasteiger charge is -2.08. The Morgan fingerprint density at radius 3 is 2.57 bits per heavy atom. The maximum atomic E-state index is 11.8. The number of halogens is 1. The molecule has 1 amide bonds. The Bertz CT molecular complexity index is 662. The van der Waals surface area contributed by atoms with Gasteiger partial charge in [0.2, 0.25) is 5.91 Å². The van der Waals surface area contributed by atoms with E-state index in [1.165, 1.54) is 18.2 Å². The van der Waals surface area contributed by atoms with Gasteiger partial charge in [0.05, 0.1) is 11.5 Å². The molecule has 0 aliphatic heterocycles. The topological polar surface area (TPSA) is 84.3 Å². The fraction of sp³-hybridized carbons (Fsp3) is 0.0714. The van der Waals surface area contributed by atoms with Crippen molar-refractivity contribution in [3.8, 4) is 0 Å². The van der Waals surface area contributed by atoms with Gasteiger partial charge in [-0.3, -0.25) is 14.9 Å². The Kier molecular flexibility index (Phi) is 4.73. The van der Waals surface area contributed by atoms with Gasteiger partial charge in [0.25, 0.3) is 5.69 Å². The number of nitro groups is 1. The molecular weight excluding hydrogens is 294 g/mol. The van der Waals surface area contributed by atoms with Crippen molar-refractivity contribution < 1.29 is 9.72 Å². The molecule has 6 nitrogen and oxygen atoms in total. The summed E-state index contributed by atoms with van der Waals surface area (Å²) in [6, 6.07) is 13.2. The molecular formula is C14H12ClN3O3. The van der Waals surface area contributed by atoms with Crippen LogP contribution in [0.1, 0.15) is 0 Å². The summed E-state index contributed by atoms with van der Waals surface area (Å²) >= 11 is 5.79. The first-order valence-electron chi connectivity index (χ1n) is 6.09. The standard InChI is InChI=1S/C14H12ClN3O3/c15-10-6-7-13(18(20)21)12(8-10)17-14(19)9-16-11-4-2-1-3-5-11/h1-8,16H,9H2,(H,17,19). The van der Waals surface area contributed by atoms with Gasteiger partial charge in [0, 0.05) is 16.8 Å². The van der Waals surface area contributed by atoms with Crippen LogP contribution in [0, 0.1) is 10.1 Å². The molecule has 2 rings (SSSR count). The molecule has 2 N–H and O–H groups in total. The highest BCUT2D eigenvalue weighted by molar-refractivity contribution is 6.31. The van der Waals surface area contributed by atoms with Crippen molar-refractivity contribution in [2.24, 2.45) is 0 Å². The van der Waals surface area contributed by atoms with Crippen LogP contribution < -0.4 is 10.6 Å². The zero-order chi connectivity index (χ0) is 15.2. The predicted molar refractivity (Wildman–Crippen MR) is 81.7 cm³/mol. The Hall–Kier alpha value is -2.60. The van der Waals surface area contributed by atoms with E-state index in [9.17, 15) is 14.9 Å². The molecule has 108 valence electrons. The van der Waals surface area contributed by atoms with E-state index in [-0.39, 0.29) is 17.9 Å². The van der Waals surface area contributed by atoms with E-state index in [0.717, 1.165) is 5.69 Å². The molecule has 0 spiro atoms. The normalized spacial score (nSPS) is 9.95. The van der Waals surface area contributed by atoms with Crippen LogP contribution in [0.4, 0.5) is 17.1 Å². The third kappa shape index (κ3) is 4.19. The highest BCUT2D eigenvalue weighted by Gasteiger charge is 2.16. The highest BCUT2D eigenvalue weighted by atomic mass is 35.5. The summed E-state index contributed by atoms with van der Waals surface area (Å²) in [6.07, 6.45) is 0. The summed E-state index contributed by atoms with van der Waals surface area (Å²) in [5.74, 6) is -0.399. The second-order valence-corrected chi connectivity index (χ2v) is 4.62. The summed E-state index contributed by atoms with van der Waals surface area (Å²) in [4.78, 5) is 22.1. The number of carbonyl (C=O) groups excluding carboxylic acids is 1. The van der Waals surface area contributed by atoms with Crippen molar-refractivity contribution in [1.82, 2.24) is 0 Å². The zero-order valence-electron chi connectivity index (χ0n) is 10.9. The Morgan fingerprint density at radius 1 is 1.19 bits per heavy atom. The van der Waals surface area contributed by atoms with Crippen molar-refractivity contribution in [3.05, 3.63) is 63.7 Å². The van der Waals surface area contributed by atoms with Gasteiger partial charge >= 0.3 is 0 Å². The van der Waals surface area contributed by atoms with Crippen LogP contribution in [0.15, 0.2) is 48.5 Å².